The Morgan fingerprint density at radius 1 is 0.833 bits per heavy atom. The molecule has 1 saturated heterocycles. The average molecular weight is 595 g/mol. The van der Waals surface area contributed by atoms with E-state index in [9.17, 15) is 0 Å². The molecule has 2 aromatic heterocycles. The lowest BCUT2D eigenvalue weighted by Crippen LogP contribution is -2.51. The average Bonchev–Trinajstić information content (AvgIpc) is 3.42. The van der Waals surface area contributed by atoms with Crippen molar-refractivity contribution in [3.63, 3.8) is 0 Å². The van der Waals surface area contributed by atoms with E-state index in [1.807, 2.05) is 74.5 Å². The lowest BCUT2D eigenvalue weighted by molar-refractivity contribution is 0.384. The van der Waals surface area contributed by atoms with Gasteiger partial charge in [-0.1, -0.05) is 30.3 Å². The Balaban J connectivity index is 1.17. The molecule has 0 unspecified atom stereocenters. The van der Waals surface area contributed by atoms with Crippen molar-refractivity contribution in [1.29, 1.82) is 0 Å². The minimum atomic E-state index is 0.325. The van der Waals surface area contributed by atoms with Crippen molar-refractivity contribution in [2.45, 2.75) is 13.8 Å². The summed E-state index contributed by atoms with van der Waals surface area (Å²) in [6, 6.07) is 27.6. The molecule has 6 rings (SSSR count). The van der Waals surface area contributed by atoms with Gasteiger partial charge < -0.3 is 19.9 Å². The number of guanidine groups is 1. The van der Waals surface area contributed by atoms with Crippen LogP contribution in [0.25, 0.3) is 10.1 Å². The molecule has 1 aliphatic heterocycles. The Hall–Kier alpha value is -4.61. The van der Waals surface area contributed by atoms with Crippen molar-refractivity contribution in [1.82, 2.24) is 19.2 Å². The van der Waals surface area contributed by atoms with Crippen LogP contribution in [-0.4, -0.2) is 56.5 Å². The number of aromatic nitrogens is 3. The normalized spacial score (nSPS) is 13.7. The molecule has 2 N–H and O–H groups in total. The fourth-order valence-corrected chi connectivity index (χ4v) is 5.77. The van der Waals surface area contributed by atoms with Gasteiger partial charge in [0.1, 0.15) is 17.3 Å². The predicted octanol–water partition coefficient (Wildman–Crippen LogP) is 6.48. The fraction of sp³-hybridized carbons (Fsp3) is 0.194. The van der Waals surface area contributed by atoms with Crippen molar-refractivity contribution in [2.24, 2.45) is 4.99 Å². The van der Waals surface area contributed by atoms with Gasteiger partial charge >= 0.3 is 0 Å². The molecule has 5 aromatic rings. The van der Waals surface area contributed by atoms with Crippen LogP contribution in [0.5, 0.6) is 11.5 Å². The first-order chi connectivity index (χ1) is 20.5. The second-order valence-corrected chi connectivity index (χ2v) is 11.1. The molecule has 1 aliphatic rings. The quantitative estimate of drug-likeness (QED) is 0.135. The van der Waals surface area contributed by atoms with E-state index in [1.165, 1.54) is 21.6 Å². The number of piperazine rings is 1. The molecule has 11 heteroatoms. The molecule has 0 radical (unpaired) electrons. The third-order valence-corrected chi connectivity index (χ3v) is 7.75. The van der Waals surface area contributed by atoms with Gasteiger partial charge in [0, 0.05) is 48.6 Å². The Kier molecular flexibility index (Phi) is 8.20. The van der Waals surface area contributed by atoms with Crippen molar-refractivity contribution in [2.75, 3.05) is 41.7 Å². The molecule has 212 valence electrons. The first-order valence-corrected chi connectivity index (χ1v) is 14.8. The Bertz CT molecular complexity index is 1690. The number of para-hydroxylation sites is 1. The minimum Gasteiger partial charge on any atom is -0.457 e. The van der Waals surface area contributed by atoms with Crippen molar-refractivity contribution < 1.29 is 4.74 Å². The van der Waals surface area contributed by atoms with Crippen LogP contribution in [0.3, 0.4) is 0 Å². The van der Waals surface area contributed by atoms with Crippen LogP contribution in [0, 0.1) is 13.8 Å². The van der Waals surface area contributed by atoms with Gasteiger partial charge in [-0.05, 0) is 92.2 Å². The Morgan fingerprint density at radius 3 is 2.24 bits per heavy atom. The van der Waals surface area contributed by atoms with Crippen LogP contribution >= 0.6 is 23.8 Å². The zero-order valence-corrected chi connectivity index (χ0v) is 25.0. The highest BCUT2D eigenvalue weighted by Gasteiger charge is 2.24. The lowest BCUT2D eigenvalue weighted by atomic mass is 10.2. The molecule has 0 saturated carbocycles. The second-order valence-electron chi connectivity index (χ2n) is 9.88. The fourth-order valence-electron chi connectivity index (χ4n) is 4.77. The Morgan fingerprint density at radius 2 is 1.50 bits per heavy atom. The van der Waals surface area contributed by atoms with E-state index in [1.54, 1.807) is 0 Å². The molecule has 0 aliphatic carbocycles. The van der Waals surface area contributed by atoms with Gasteiger partial charge in [-0.3, -0.25) is 5.32 Å². The smallest absolute Gasteiger partial charge is 0.229 e. The van der Waals surface area contributed by atoms with E-state index in [2.05, 4.69) is 54.7 Å². The molecular formula is C31H30N8OS2. The third-order valence-electron chi connectivity index (χ3n) is 6.73. The van der Waals surface area contributed by atoms with Gasteiger partial charge in [-0.2, -0.15) is 9.37 Å². The lowest BCUT2D eigenvalue weighted by Gasteiger charge is -2.36. The largest absolute Gasteiger partial charge is 0.457 e. The molecule has 0 bridgehead atoms. The van der Waals surface area contributed by atoms with Crippen LogP contribution in [0.4, 0.5) is 17.5 Å². The molecule has 3 aromatic carbocycles. The van der Waals surface area contributed by atoms with Crippen LogP contribution in [0.2, 0.25) is 0 Å². The highest BCUT2D eigenvalue weighted by Crippen LogP contribution is 2.30. The number of nitrogens with zero attached hydrogens (tertiary/aromatic N) is 6. The number of ether oxygens (including phenoxy) is 1. The number of aliphatic imine (C=N–C) groups is 1. The van der Waals surface area contributed by atoms with Crippen LogP contribution in [0.1, 0.15) is 11.4 Å². The third kappa shape index (κ3) is 6.64. The number of fused-ring (bicyclic) bond motifs is 1. The molecule has 3 heterocycles. The van der Waals surface area contributed by atoms with Gasteiger partial charge in [0.2, 0.25) is 17.0 Å². The SMILES string of the molecule is Cc1cc(C)nc(N/C(=N/C(=S)Nc2ccc(Oc3ccccc3)cc2)N2CCN(c3nsc4ccccc34)CC2)n1. The number of hydrogen-bond donors (Lipinski definition) is 2. The van der Waals surface area contributed by atoms with E-state index in [-0.39, 0.29) is 0 Å². The maximum Gasteiger partial charge on any atom is 0.229 e. The maximum atomic E-state index is 5.90. The monoisotopic (exact) mass is 594 g/mol. The van der Waals surface area contributed by atoms with Crippen molar-refractivity contribution in [3.05, 3.63) is 96.3 Å². The van der Waals surface area contributed by atoms with Crippen LogP contribution < -0.4 is 20.3 Å². The topological polar surface area (TPSA) is 90.8 Å². The summed E-state index contributed by atoms with van der Waals surface area (Å²) in [5.74, 6) is 3.65. The first kappa shape index (κ1) is 27.6. The zero-order valence-electron chi connectivity index (χ0n) is 23.3. The summed E-state index contributed by atoms with van der Waals surface area (Å²) in [6.45, 7) is 6.96. The summed E-state index contributed by atoms with van der Waals surface area (Å²) in [6.07, 6.45) is 0. The molecule has 0 atom stereocenters. The van der Waals surface area contributed by atoms with Crippen LogP contribution in [-0.2, 0) is 0 Å². The summed E-state index contributed by atoms with van der Waals surface area (Å²) < 4.78 is 11.8. The van der Waals surface area contributed by atoms with E-state index < -0.39 is 0 Å². The van der Waals surface area contributed by atoms with Gasteiger partial charge in [0.05, 0.1) is 4.70 Å². The summed E-state index contributed by atoms with van der Waals surface area (Å²) >= 11 is 7.21. The van der Waals surface area contributed by atoms with Gasteiger partial charge in [-0.15, -0.1) is 0 Å². The second kappa shape index (κ2) is 12.5. The molecule has 0 spiro atoms. The van der Waals surface area contributed by atoms with Gasteiger partial charge in [0.15, 0.2) is 0 Å². The highest BCUT2D eigenvalue weighted by atomic mass is 32.1. The number of benzene rings is 3. The molecule has 0 amide bonds. The summed E-state index contributed by atoms with van der Waals surface area (Å²) in [4.78, 5) is 18.4. The first-order valence-electron chi connectivity index (χ1n) is 13.7. The molecular weight excluding hydrogens is 565 g/mol. The van der Waals surface area contributed by atoms with Gasteiger partial charge in [0.25, 0.3) is 0 Å². The predicted molar refractivity (Wildman–Crippen MR) is 175 cm³/mol. The highest BCUT2D eigenvalue weighted by molar-refractivity contribution is 7.80. The molecule has 42 heavy (non-hydrogen) atoms. The zero-order chi connectivity index (χ0) is 28.9. The van der Waals surface area contributed by atoms with Crippen LogP contribution in [0.15, 0.2) is 89.9 Å². The number of anilines is 3. The number of hydrogen-bond acceptors (Lipinski definition) is 7. The standard InChI is InChI=1S/C31H30N8OS2/c1-21-20-22(2)33-29(32-21)35-30(39-18-16-38(17-19-39)28-26-10-6-7-11-27(26)42-37-28)36-31(41)34-23-12-14-25(15-13-23)40-24-8-4-3-5-9-24/h3-15,20H,16-19H2,1-2H3,(H2,32,33,34,35,36,41). The van der Waals surface area contributed by atoms with E-state index in [0.717, 1.165) is 60.6 Å². The summed E-state index contributed by atoms with van der Waals surface area (Å²) in [7, 11) is 0. The van der Waals surface area contributed by atoms with Gasteiger partial charge in [-0.25, -0.2) is 9.97 Å². The molecule has 1 fully saturated rings. The van der Waals surface area contributed by atoms with E-state index >= 15 is 0 Å². The van der Waals surface area contributed by atoms with Crippen molar-refractivity contribution >= 4 is 62.4 Å². The van der Waals surface area contributed by atoms with E-state index in [0.29, 0.717) is 17.0 Å². The number of rotatable bonds is 5. The minimum absolute atomic E-state index is 0.325. The van der Waals surface area contributed by atoms with Crippen molar-refractivity contribution in [3.8, 4) is 11.5 Å². The summed E-state index contributed by atoms with van der Waals surface area (Å²) in [5, 5.41) is 8.08. The number of thiocarbonyl (C=S) groups is 1. The summed E-state index contributed by atoms with van der Waals surface area (Å²) in [5.41, 5.74) is 2.57. The maximum absolute atomic E-state index is 5.90. The van der Waals surface area contributed by atoms with E-state index in [4.69, 9.17) is 26.3 Å². The Labute approximate surface area is 254 Å². The molecule has 9 nitrogen and oxygen atoms in total. The number of nitrogens with one attached hydrogen (secondary N) is 2. The number of aryl methyl sites for hydroxylation is 2.